The van der Waals surface area contributed by atoms with E-state index in [0.717, 1.165) is 10.2 Å². The molecule has 0 unspecified atom stereocenters. The smallest absolute Gasteiger partial charge is 0.327 e. The lowest BCUT2D eigenvalue weighted by Gasteiger charge is -2.05. The fourth-order valence-electron chi connectivity index (χ4n) is 2.81. The third-order valence-corrected chi connectivity index (χ3v) is 4.38. The number of nitrogens with zero attached hydrogens (tertiary/aromatic N) is 5. The van der Waals surface area contributed by atoms with E-state index < -0.39 is 11.4 Å². The fraction of sp³-hybridized carbons (Fsp3) is 0.105. The van der Waals surface area contributed by atoms with Crippen LogP contribution in [-0.2, 0) is 6.54 Å². The molecule has 0 saturated carbocycles. The predicted molar refractivity (Wildman–Crippen MR) is 105 cm³/mol. The Morgan fingerprint density at radius 3 is 2.60 bits per heavy atom. The summed E-state index contributed by atoms with van der Waals surface area (Å²) in [5, 5.41) is 7.64. The van der Waals surface area contributed by atoms with Crippen molar-refractivity contribution in [3.63, 3.8) is 0 Å². The zero-order valence-electron chi connectivity index (χ0n) is 15.5. The van der Waals surface area contributed by atoms with Crippen LogP contribution in [0, 0.1) is 0 Å². The van der Waals surface area contributed by atoms with E-state index in [1.165, 1.54) is 10.9 Å². The maximum absolute atomic E-state index is 12.8. The molecule has 10 nitrogen and oxygen atoms in total. The first-order valence-electron chi connectivity index (χ1n) is 8.86. The Morgan fingerprint density at radius 1 is 1.17 bits per heavy atom. The molecule has 3 heterocycles. The summed E-state index contributed by atoms with van der Waals surface area (Å²) in [6, 6.07) is 12.4. The number of aromatic nitrogens is 6. The van der Waals surface area contributed by atoms with Gasteiger partial charge in [-0.15, -0.1) is 0 Å². The minimum absolute atomic E-state index is 0.0121. The van der Waals surface area contributed by atoms with Crippen molar-refractivity contribution >= 4 is 0 Å². The zero-order valence-corrected chi connectivity index (χ0v) is 15.5. The highest BCUT2D eigenvalue weighted by atomic mass is 19.1. The molecule has 0 atom stereocenters. The van der Waals surface area contributed by atoms with Crippen LogP contribution in [0.1, 0.15) is 0 Å². The number of hydrogen-bond acceptors (Lipinski definition) is 7. The average molecular weight is 409 g/mol. The van der Waals surface area contributed by atoms with Gasteiger partial charge in [-0.3, -0.25) is 9.51 Å². The molecule has 0 radical (unpaired) electrons. The number of halogens is 1. The topological polar surface area (TPSA) is 138 Å². The SMILES string of the molecule is NC/C(=C\F)Cn1ncn(-c2cccc(-c3ccc(-c4noc(=O)[nH]4)cc3)n2)c1=O. The number of nitrogens with two attached hydrogens (primary N) is 1. The van der Waals surface area contributed by atoms with Crippen molar-refractivity contribution in [2.24, 2.45) is 5.73 Å². The van der Waals surface area contributed by atoms with E-state index in [4.69, 9.17) is 5.73 Å². The standard InChI is InChI=1S/C19H16FN7O3/c20-8-12(9-21)10-27-19(29)26(11-22-27)16-3-1-2-15(23-16)13-4-6-14(7-5-13)17-24-18(28)30-25-17/h1-8,11H,9-10,21H2,(H,24,25,28)/b12-8+. The second kappa shape index (κ2) is 8.09. The Morgan fingerprint density at radius 2 is 1.93 bits per heavy atom. The normalized spacial score (nSPS) is 11.7. The Bertz CT molecular complexity index is 1310. The van der Waals surface area contributed by atoms with E-state index in [1.54, 1.807) is 42.5 Å². The van der Waals surface area contributed by atoms with E-state index in [1.807, 2.05) is 0 Å². The van der Waals surface area contributed by atoms with E-state index in [0.29, 0.717) is 29.2 Å². The van der Waals surface area contributed by atoms with Gasteiger partial charge in [0.1, 0.15) is 12.1 Å². The molecule has 3 aromatic heterocycles. The Kier molecular flexibility index (Phi) is 5.18. The Labute approximate surface area is 168 Å². The molecule has 11 heteroatoms. The highest BCUT2D eigenvalue weighted by Gasteiger charge is 2.11. The van der Waals surface area contributed by atoms with E-state index >= 15 is 0 Å². The van der Waals surface area contributed by atoms with E-state index in [9.17, 15) is 14.0 Å². The maximum Gasteiger partial charge on any atom is 0.439 e. The van der Waals surface area contributed by atoms with Crippen molar-refractivity contribution < 1.29 is 8.91 Å². The molecule has 4 aromatic rings. The minimum atomic E-state index is -0.630. The summed E-state index contributed by atoms with van der Waals surface area (Å²) in [5.41, 5.74) is 7.31. The molecule has 0 fully saturated rings. The van der Waals surface area contributed by atoms with Crippen LogP contribution < -0.4 is 17.2 Å². The van der Waals surface area contributed by atoms with Crippen molar-refractivity contribution in [2.45, 2.75) is 6.54 Å². The second-order valence-electron chi connectivity index (χ2n) is 6.31. The van der Waals surface area contributed by atoms with Gasteiger partial charge in [0.15, 0.2) is 5.82 Å². The van der Waals surface area contributed by atoms with Crippen molar-refractivity contribution in [1.82, 2.24) is 29.5 Å². The first-order chi connectivity index (χ1) is 14.6. The highest BCUT2D eigenvalue weighted by Crippen LogP contribution is 2.22. The Balaban J connectivity index is 1.63. The van der Waals surface area contributed by atoms with Crippen LogP contribution in [0.3, 0.4) is 0 Å². The first kappa shape index (κ1) is 19.2. The summed E-state index contributed by atoms with van der Waals surface area (Å²) in [6.45, 7) is -0.0497. The molecule has 0 saturated heterocycles. The fourth-order valence-corrected chi connectivity index (χ4v) is 2.81. The molecular formula is C19H16FN7O3. The van der Waals surface area contributed by atoms with Gasteiger partial charge in [-0.05, 0) is 17.7 Å². The molecule has 30 heavy (non-hydrogen) atoms. The van der Waals surface area contributed by atoms with Gasteiger partial charge in [-0.1, -0.05) is 35.5 Å². The van der Waals surface area contributed by atoms with Gasteiger partial charge in [0.05, 0.1) is 18.6 Å². The lowest BCUT2D eigenvalue weighted by atomic mass is 10.1. The first-order valence-corrected chi connectivity index (χ1v) is 8.86. The van der Waals surface area contributed by atoms with Gasteiger partial charge in [0.2, 0.25) is 0 Å². The van der Waals surface area contributed by atoms with Crippen molar-refractivity contribution in [3.05, 3.63) is 81.7 Å². The molecule has 152 valence electrons. The molecular weight excluding hydrogens is 393 g/mol. The molecule has 0 aliphatic heterocycles. The number of hydrogen-bond donors (Lipinski definition) is 2. The van der Waals surface area contributed by atoms with Gasteiger partial charge in [-0.2, -0.15) is 5.10 Å². The van der Waals surface area contributed by atoms with E-state index in [-0.39, 0.29) is 18.7 Å². The van der Waals surface area contributed by atoms with Crippen molar-refractivity contribution in [2.75, 3.05) is 6.54 Å². The van der Waals surface area contributed by atoms with Gasteiger partial charge in [0, 0.05) is 17.7 Å². The van der Waals surface area contributed by atoms with Crippen LogP contribution in [0.2, 0.25) is 0 Å². The number of H-pyrrole nitrogens is 1. The van der Waals surface area contributed by atoms with Crippen LogP contribution in [0.5, 0.6) is 0 Å². The van der Waals surface area contributed by atoms with Crippen molar-refractivity contribution in [1.29, 1.82) is 0 Å². The highest BCUT2D eigenvalue weighted by molar-refractivity contribution is 5.65. The van der Waals surface area contributed by atoms with Crippen LogP contribution >= 0.6 is 0 Å². The van der Waals surface area contributed by atoms with E-state index in [2.05, 4.69) is 24.7 Å². The van der Waals surface area contributed by atoms with Gasteiger partial charge < -0.3 is 5.73 Å². The molecule has 0 spiro atoms. The summed E-state index contributed by atoms with van der Waals surface area (Å²) >= 11 is 0. The van der Waals surface area contributed by atoms with Gasteiger partial charge in [-0.25, -0.2) is 28.2 Å². The van der Waals surface area contributed by atoms with Crippen LogP contribution in [0.15, 0.2) is 74.8 Å². The summed E-state index contributed by atoms with van der Waals surface area (Å²) in [4.78, 5) is 30.7. The largest absolute Gasteiger partial charge is 0.439 e. The predicted octanol–water partition coefficient (Wildman–Crippen LogP) is 1.25. The molecule has 4 rings (SSSR count). The zero-order chi connectivity index (χ0) is 21.1. The average Bonchev–Trinajstić information content (AvgIpc) is 3.38. The van der Waals surface area contributed by atoms with Gasteiger partial charge >= 0.3 is 11.4 Å². The van der Waals surface area contributed by atoms with Crippen molar-refractivity contribution in [3.8, 4) is 28.5 Å². The quantitative estimate of drug-likeness (QED) is 0.489. The molecule has 3 N–H and O–H groups in total. The maximum atomic E-state index is 12.8. The monoisotopic (exact) mass is 409 g/mol. The minimum Gasteiger partial charge on any atom is -0.327 e. The number of rotatable bonds is 6. The molecule has 0 aliphatic rings. The van der Waals surface area contributed by atoms with Crippen LogP contribution in [0.25, 0.3) is 28.5 Å². The Hall–Kier alpha value is -4.12. The lowest BCUT2D eigenvalue weighted by Crippen LogP contribution is -2.26. The third kappa shape index (κ3) is 3.73. The van der Waals surface area contributed by atoms with Crippen LogP contribution in [0.4, 0.5) is 4.39 Å². The number of aromatic amines is 1. The lowest BCUT2D eigenvalue weighted by molar-refractivity contribution is 0.388. The summed E-state index contributed by atoms with van der Waals surface area (Å²) in [7, 11) is 0. The molecule has 0 aliphatic carbocycles. The number of pyridine rings is 1. The molecule has 0 amide bonds. The second-order valence-corrected chi connectivity index (χ2v) is 6.31. The molecule has 0 bridgehead atoms. The number of nitrogens with one attached hydrogen (secondary N) is 1. The van der Waals surface area contributed by atoms with Crippen LogP contribution in [-0.4, -0.2) is 36.0 Å². The molecule has 1 aromatic carbocycles. The summed E-state index contributed by atoms with van der Waals surface area (Å²) in [5.74, 6) is 0.0635. The third-order valence-electron chi connectivity index (χ3n) is 4.38. The summed E-state index contributed by atoms with van der Waals surface area (Å²) < 4.78 is 19.6. The summed E-state index contributed by atoms with van der Waals surface area (Å²) in [6.07, 6.45) is 1.70. The number of benzene rings is 1. The van der Waals surface area contributed by atoms with Gasteiger partial charge in [0.25, 0.3) is 0 Å².